The predicted octanol–water partition coefficient (Wildman–Crippen LogP) is 5.80. The van der Waals surface area contributed by atoms with E-state index in [4.69, 9.17) is 34.8 Å². The van der Waals surface area contributed by atoms with E-state index in [1.165, 1.54) is 11.8 Å². The number of aromatic carboxylic acids is 1. The molecule has 1 aliphatic rings. The first-order valence-electron chi connectivity index (χ1n) is 7.19. The fourth-order valence-corrected chi connectivity index (χ4v) is 4.63. The third-order valence-electron chi connectivity index (χ3n) is 3.88. The van der Waals surface area contributed by atoms with Crippen molar-refractivity contribution in [1.29, 1.82) is 0 Å². The van der Waals surface area contributed by atoms with E-state index in [-0.39, 0.29) is 5.69 Å². The molecule has 4 nitrogen and oxygen atoms in total. The fraction of sp³-hybridized carbons (Fsp3) is 0.0588. The van der Waals surface area contributed by atoms with Crippen LogP contribution in [0.4, 0.5) is 0 Å². The van der Waals surface area contributed by atoms with E-state index in [2.05, 4.69) is 5.10 Å². The number of carboxylic acids is 1. The molecule has 0 bridgehead atoms. The van der Waals surface area contributed by atoms with Gasteiger partial charge in [0.25, 0.3) is 0 Å². The van der Waals surface area contributed by atoms with Crippen LogP contribution in [0.25, 0.3) is 16.9 Å². The number of thioether (sulfide) groups is 1. The molecule has 126 valence electrons. The summed E-state index contributed by atoms with van der Waals surface area (Å²) < 4.78 is 1.57. The number of benzene rings is 2. The van der Waals surface area contributed by atoms with Gasteiger partial charge < -0.3 is 5.11 Å². The second kappa shape index (κ2) is 6.25. The van der Waals surface area contributed by atoms with Crippen molar-refractivity contribution < 1.29 is 9.90 Å². The van der Waals surface area contributed by atoms with Crippen LogP contribution >= 0.6 is 46.6 Å². The monoisotopic (exact) mass is 410 g/mol. The molecule has 3 aromatic rings. The standard InChI is InChI=1S/C17H9Cl3N2O2S/c18-9-1-3-11-8(5-9)7-25-16-14(17(23)24)21-22(15(11)16)13-4-2-10(19)6-12(13)20/h1-6H,7H2,(H,23,24). The van der Waals surface area contributed by atoms with Crippen LogP contribution in [-0.4, -0.2) is 20.9 Å². The molecule has 0 amide bonds. The highest BCUT2D eigenvalue weighted by Gasteiger charge is 2.30. The molecule has 4 rings (SSSR count). The predicted molar refractivity (Wildman–Crippen MR) is 101 cm³/mol. The number of carbonyl (C=O) groups is 1. The summed E-state index contributed by atoms with van der Waals surface area (Å²) in [6.45, 7) is 0. The second-order valence-corrected chi connectivity index (χ2v) is 7.69. The molecule has 2 heterocycles. The van der Waals surface area contributed by atoms with Crippen molar-refractivity contribution in [1.82, 2.24) is 9.78 Å². The molecule has 25 heavy (non-hydrogen) atoms. The molecule has 0 fully saturated rings. The van der Waals surface area contributed by atoms with Crippen molar-refractivity contribution >= 4 is 52.5 Å². The van der Waals surface area contributed by atoms with Crippen LogP contribution in [0, 0.1) is 0 Å². The molecule has 0 radical (unpaired) electrons. The van der Waals surface area contributed by atoms with Gasteiger partial charge in [0.15, 0.2) is 5.69 Å². The molecule has 0 atom stereocenters. The maximum absolute atomic E-state index is 11.7. The Balaban J connectivity index is 2.04. The maximum Gasteiger partial charge on any atom is 0.357 e. The van der Waals surface area contributed by atoms with Crippen LogP contribution in [0.15, 0.2) is 41.3 Å². The van der Waals surface area contributed by atoms with Crippen molar-refractivity contribution in [3.05, 3.63) is 62.7 Å². The minimum Gasteiger partial charge on any atom is -0.476 e. The summed E-state index contributed by atoms with van der Waals surface area (Å²) in [7, 11) is 0. The first-order chi connectivity index (χ1) is 12.0. The normalized spacial score (nSPS) is 12.6. The van der Waals surface area contributed by atoms with Gasteiger partial charge in [0.2, 0.25) is 0 Å². The van der Waals surface area contributed by atoms with Gasteiger partial charge in [0, 0.05) is 21.4 Å². The van der Waals surface area contributed by atoms with Gasteiger partial charge in [-0.3, -0.25) is 0 Å². The van der Waals surface area contributed by atoms with Gasteiger partial charge in [-0.1, -0.05) is 40.9 Å². The first kappa shape index (κ1) is 16.8. The second-order valence-electron chi connectivity index (χ2n) is 5.43. The lowest BCUT2D eigenvalue weighted by Gasteiger charge is -2.19. The molecule has 1 aromatic heterocycles. The van der Waals surface area contributed by atoms with Crippen LogP contribution in [0.5, 0.6) is 0 Å². The van der Waals surface area contributed by atoms with Gasteiger partial charge in [-0.25, -0.2) is 9.48 Å². The molecule has 0 saturated carbocycles. The molecular formula is C17H9Cl3N2O2S. The molecular weight excluding hydrogens is 403 g/mol. The third kappa shape index (κ3) is 2.81. The largest absolute Gasteiger partial charge is 0.476 e. The van der Waals surface area contributed by atoms with Crippen LogP contribution in [0.1, 0.15) is 16.1 Å². The van der Waals surface area contributed by atoms with E-state index >= 15 is 0 Å². The highest BCUT2D eigenvalue weighted by atomic mass is 35.5. The van der Waals surface area contributed by atoms with Gasteiger partial charge in [0.05, 0.1) is 21.3 Å². The number of carboxylic acid groups (broad SMARTS) is 1. The highest BCUT2D eigenvalue weighted by molar-refractivity contribution is 7.98. The minimum absolute atomic E-state index is 0.00613. The Morgan fingerprint density at radius 2 is 1.84 bits per heavy atom. The maximum atomic E-state index is 11.7. The molecule has 2 aromatic carbocycles. The molecule has 0 saturated heterocycles. The van der Waals surface area contributed by atoms with Gasteiger partial charge in [-0.15, -0.1) is 11.8 Å². The van der Waals surface area contributed by atoms with Crippen molar-refractivity contribution in [2.75, 3.05) is 0 Å². The zero-order chi connectivity index (χ0) is 17.7. The van der Waals surface area contributed by atoms with E-state index < -0.39 is 5.97 Å². The smallest absolute Gasteiger partial charge is 0.357 e. The number of halogens is 3. The Morgan fingerprint density at radius 3 is 2.56 bits per heavy atom. The van der Waals surface area contributed by atoms with Gasteiger partial charge in [-0.05, 0) is 35.9 Å². The first-order valence-corrected chi connectivity index (χ1v) is 9.31. The topological polar surface area (TPSA) is 55.1 Å². The lowest BCUT2D eigenvalue weighted by molar-refractivity contribution is 0.0686. The minimum atomic E-state index is -1.08. The highest BCUT2D eigenvalue weighted by Crippen LogP contribution is 2.45. The zero-order valence-electron chi connectivity index (χ0n) is 12.5. The average Bonchev–Trinajstić information content (AvgIpc) is 2.94. The number of fused-ring (bicyclic) bond motifs is 3. The molecule has 1 aliphatic heterocycles. The Labute approximate surface area is 162 Å². The number of hydrogen-bond acceptors (Lipinski definition) is 3. The van der Waals surface area contributed by atoms with E-state index in [1.807, 2.05) is 12.1 Å². The van der Waals surface area contributed by atoms with Crippen LogP contribution in [0.2, 0.25) is 15.1 Å². The van der Waals surface area contributed by atoms with Crippen molar-refractivity contribution in [2.45, 2.75) is 10.6 Å². The lowest BCUT2D eigenvalue weighted by Crippen LogP contribution is -2.04. The number of aromatic nitrogens is 2. The third-order valence-corrected chi connectivity index (χ3v) is 5.78. The Bertz CT molecular complexity index is 1030. The number of nitrogens with zero attached hydrogens (tertiary/aromatic N) is 2. The quantitative estimate of drug-likeness (QED) is 0.578. The Morgan fingerprint density at radius 1 is 1.12 bits per heavy atom. The summed E-state index contributed by atoms with van der Waals surface area (Å²) in [5.41, 5.74) is 3.19. The summed E-state index contributed by atoms with van der Waals surface area (Å²) in [5.74, 6) is -0.451. The van der Waals surface area contributed by atoms with Crippen LogP contribution in [0.3, 0.4) is 0 Å². The average molecular weight is 412 g/mol. The van der Waals surface area contributed by atoms with E-state index in [9.17, 15) is 9.90 Å². The molecule has 0 aliphatic carbocycles. The van der Waals surface area contributed by atoms with E-state index in [1.54, 1.807) is 28.9 Å². The summed E-state index contributed by atoms with van der Waals surface area (Å²) in [6.07, 6.45) is 0. The van der Waals surface area contributed by atoms with Gasteiger partial charge in [-0.2, -0.15) is 5.10 Å². The molecule has 8 heteroatoms. The lowest BCUT2D eigenvalue weighted by atomic mass is 10.0. The van der Waals surface area contributed by atoms with E-state index in [0.717, 1.165) is 11.1 Å². The van der Waals surface area contributed by atoms with Crippen molar-refractivity contribution in [3.8, 4) is 16.9 Å². The molecule has 0 unspecified atom stereocenters. The number of rotatable bonds is 2. The van der Waals surface area contributed by atoms with Crippen LogP contribution in [-0.2, 0) is 5.75 Å². The summed E-state index contributed by atoms with van der Waals surface area (Å²) in [4.78, 5) is 12.3. The van der Waals surface area contributed by atoms with Crippen molar-refractivity contribution in [2.24, 2.45) is 0 Å². The fourth-order valence-electron chi connectivity index (χ4n) is 2.81. The zero-order valence-corrected chi connectivity index (χ0v) is 15.5. The molecule has 0 spiro atoms. The SMILES string of the molecule is O=C(O)c1nn(-c2ccc(Cl)cc2Cl)c2c1SCc1cc(Cl)ccc1-2. The van der Waals surface area contributed by atoms with E-state index in [0.29, 0.717) is 37.1 Å². The van der Waals surface area contributed by atoms with Gasteiger partial charge >= 0.3 is 5.97 Å². The van der Waals surface area contributed by atoms with Gasteiger partial charge in [0.1, 0.15) is 0 Å². The number of hydrogen-bond donors (Lipinski definition) is 1. The molecule has 1 N–H and O–H groups in total. The summed E-state index contributed by atoms with van der Waals surface area (Å²) in [5, 5.41) is 15.4. The summed E-state index contributed by atoms with van der Waals surface area (Å²) in [6, 6.07) is 10.6. The summed E-state index contributed by atoms with van der Waals surface area (Å²) >= 11 is 19.8. The van der Waals surface area contributed by atoms with Crippen molar-refractivity contribution in [3.63, 3.8) is 0 Å². The van der Waals surface area contributed by atoms with Crippen LogP contribution < -0.4 is 0 Å². The Hall–Kier alpha value is -1.66. The Kier molecular flexibility index (Phi) is 4.20.